The zero-order valence-corrected chi connectivity index (χ0v) is 15.4. The lowest BCUT2D eigenvalue weighted by Crippen LogP contribution is -2.41. The lowest BCUT2D eigenvalue weighted by Gasteiger charge is -2.28. The second-order valence-corrected chi connectivity index (χ2v) is 6.90. The van der Waals surface area contributed by atoms with Gasteiger partial charge in [0.2, 0.25) is 0 Å². The summed E-state index contributed by atoms with van der Waals surface area (Å²) in [5.74, 6) is 0. The van der Waals surface area contributed by atoms with Crippen LogP contribution in [0.2, 0.25) is 0 Å². The lowest BCUT2D eigenvalue weighted by molar-refractivity contribution is 0.221. The van der Waals surface area contributed by atoms with E-state index in [1.54, 1.807) is 0 Å². The maximum atomic E-state index is 12.2. The van der Waals surface area contributed by atoms with Crippen LogP contribution < -0.4 is 10.6 Å². The third kappa shape index (κ3) is 5.60. The highest BCUT2D eigenvalue weighted by atomic mass is 16.2. The molecule has 1 saturated heterocycles. The molecule has 1 heterocycles. The van der Waals surface area contributed by atoms with Gasteiger partial charge in [0.1, 0.15) is 0 Å². The van der Waals surface area contributed by atoms with E-state index < -0.39 is 0 Å². The molecule has 0 saturated carbocycles. The number of amides is 2. The Hall–Kier alpha value is -2.33. The fourth-order valence-corrected chi connectivity index (χ4v) is 3.58. The van der Waals surface area contributed by atoms with Crippen molar-refractivity contribution in [3.8, 4) is 0 Å². The van der Waals surface area contributed by atoms with Gasteiger partial charge in [0, 0.05) is 13.1 Å². The molecule has 4 nitrogen and oxygen atoms in total. The molecule has 2 aromatic rings. The highest BCUT2D eigenvalue weighted by Crippen LogP contribution is 2.24. The third-order valence-electron chi connectivity index (χ3n) is 4.99. The lowest BCUT2D eigenvalue weighted by atomic mass is 10.1. The molecule has 0 spiro atoms. The maximum absolute atomic E-state index is 12.2. The first-order chi connectivity index (χ1) is 12.8. The van der Waals surface area contributed by atoms with E-state index in [2.05, 4.69) is 64.1 Å². The number of hydrogen-bond donors (Lipinski definition) is 2. The average molecular weight is 351 g/mol. The minimum Gasteiger partial charge on any atom is -0.338 e. The van der Waals surface area contributed by atoms with Crippen molar-refractivity contribution in [2.24, 2.45) is 0 Å². The zero-order chi connectivity index (χ0) is 18.0. The van der Waals surface area contributed by atoms with Gasteiger partial charge in [-0.2, -0.15) is 0 Å². The quantitative estimate of drug-likeness (QED) is 0.711. The van der Waals surface area contributed by atoms with Crippen molar-refractivity contribution in [3.63, 3.8) is 0 Å². The van der Waals surface area contributed by atoms with Crippen molar-refractivity contribution in [1.82, 2.24) is 15.5 Å². The summed E-state index contributed by atoms with van der Waals surface area (Å²) in [4.78, 5) is 14.6. The van der Waals surface area contributed by atoms with Crippen LogP contribution in [0.1, 0.15) is 36.4 Å². The van der Waals surface area contributed by atoms with Crippen LogP contribution in [-0.2, 0) is 6.42 Å². The van der Waals surface area contributed by atoms with Gasteiger partial charge in [-0.15, -0.1) is 0 Å². The van der Waals surface area contributed by atoms with E-state index in [9.17, 15) is 4.79 Å². The van der Waals surface area contributed by atoms with Crippen LogP contribution >= 0.6 is 0 Å². The van der Waals surface area contributed by atoms with Crippen LogP contribution in [-0.4, -0.2) is 37.1 Å². The summed E-state index contributed by atoms with van der Waals surface area (Å²) >= 11 is 0. The SMILES string of the molecule is O=C(NCCCc1ccccc1)NCC(c1ccccc1)N1CCCC1. The Kier molecular flexibility index (Phi) is 7.08. The van der Waals surface area contributed by atoms with Crippen LogP contribution in [0.25, 0.3) is 0 Å². The van der Waals surface area contributed by atoms with Crippen LogP contribution in [0.5, 0.6) is 0 Å². The van der Waals surface area contributed by atoms with Crippen molar-refractivity contribution in [3.05, 3.63) is 71.8 Å². The molecule has 3 rings (SSSR count). The predicted octanol–water partition coefficient (Wildman–Crippen LogP) is 3.76. The first kappa shape index (κ1) is 18.5. The largest absolute Gasteiger partial charge is 0.338 e. The normalized spacial score (nSPS) is 15.5. The van der Waals surface area contributed by atoms with Crippen LogP contribution in [0, 0.1) is 0 Å². The molecular weight excluding hydrogens is 322 g/mol. The number of benzene rings is 2. The number of urea groups is 1. The van der Waals surface area contributed by atoms with Crippen LogP contribution in [0.4, 0.5) is 4.79 Å². The van der Waals surface area contributed by atoms with Crippen molar-refractivity contribution in [1.29, 1.82) is 0 Å². The van der Waals surface area contributed by atoms with E-state index in [0.717, 1.165) is 25.9 Å². The highest BCUT2D eigenvalue weighted by Gasteiger charge is 2.23. The Labute approximate surface area is 156 Å². The van der Waals surface area contributed by atoms with Crippen molar-refractivity contribution >= 4 is 6.03 Å². The molecular formula is C22H29N3O. The number of likely N-dealkylation sites (tertiary alicyclic amines) is 1. The van der Waals surface area contributed by atoms with Gasteiger partial charge in [-0.05, 0) is 49.9 Å². The molecule has 2 aromatic carbocycles. The number of nitrogens with zero attached hydrogens (tertiary/aromatic N) is 1. The van der Waals surface area contributed by atoms with Crippen molar-refractivity contribution < 1.29 is 4.79 Å². The molecule has 0 aromatic heterocycles. The summed E-state index contributed by atoms with van der Waals surface area (Å²) in [5, 5.41) is 6.05. The molecule has 26 heavy (non-hydrogen) atoms. The van der Waals surface area contributed by atoms with E-state index in [4.69, 9.17) is 0 Å². The number of carbonyl (C=O) groups is 1. The van der Waals surface area contributed by atoms with Gasteiger partial charge in [0.05, 0.1) is 6.04 Å². The van der Waals surface area contributed by atoms with E-state index in [-0.39, 0.29) is 12.1 Å². The Bertz CT molecular complexity index is 654. The molecule has 1 atom stereocenters. The molecule has 138 valence electrons. The van der Waals surface area contributed by atoms with Gasteiger partial charge in [0.25, 0.3) is 0 Å². The van der Waals surface area contributed by atoms with Crippen molar-refractivity contribution in [2.75, 3.05) is 26.2 Å². The van der Waals surface area contributed by atoms with Crippen molar-refractivity contribution in [2.45, 2.75) is 31.7 Å². The molecule has 0 radical (unpaired) electrons. The summed E-state index contributed by atoms with van der Waals surface area (Å²) < 4.78 is 0. The topological polar surface area (TPSA) is 44.4 Å². The Morgan fingerprint density at radius 3 is 2.27 bits per heavy atom. The Morgan fingerprint density at radius 2 is 1.58 bits per heavy atom. The number of nitrogens with one attached hydrogen (secondary N) is 2. The minimum absolute atomic E-state index is 0.0711. The molecule has 1 aliphatic heterocycles. The third-order valence-corrected chi connectivity index (χ3v) is 4.99. The van der Waals surface area contributed by atoms with Gasteiger partial charge >= 0.3 is 6.03 Å². The summed E-state index contributed by atoms with van der Waals surface area (Å²) in [5.41, 5.74) is 2.59. The molecule has 1 unspecified atom stereocenters. The zero-order valence-electron chi connectivity index (χ0n) is 15.4. The standard InChI is InChI=1S/C22H29N3O/c26-22(23-15-9-12-19-10-3-1-4-11-19)24-18-21(25-16-7-8-17-25)20-13-5-2-6-14-20/h1-6,10-11,13-14,21H,7-9,12,15-18H2,(H2,23,24,26). The maximum Gasteiger partial charge on any atom is 0.314 e. The van der Waals surface area contributed by atoms with E-state index in [1.165, 1.54) is 24.0 Å². The fraction of sp³-hybridized carbons (Fsp3) is 0.409. The summed E-state index contributed by atoms with van der Waals surface area (Å²) in [6, 6.07) is 21.1. The van der Waals surface area contributed by atoms with Gasteiger partial charge in [0.15, 0.2) is 0 Å². The predicted molar refractivity (Wildman–Crippen MR) is 106 cm³/mol. The number of aryl methyl sites for hydroxylation is 1. The second-order valence-electron chi connectivity index (χ2n) is 6.90. The molecule has 2 amide bonds. The van der Waals surface area contributed by atoms with Crippen LogP contribution in [0.3, 0.4) is 0 Å². The van der Waals surface area contributed by atoms with E-state index in [1.807, 2.05) is 12.1 Å². The van der Waals surface area contributed by atoms with Gasteiger partial charge in [-0.3, -0.25) is 4.90 Å². The Balaban J connectivity index is 1.42. The van der Waals surface area contributed by atoms with Gasteiger partial charge in [-0.25, -0.2) is 4.79 Å². The summed E-state index contributed by atoms with van der Waals surface area (Å²) in [6.07, 6.45) is 4.43. The molecule has 2 N–H and O–H groups in total. The van der Waals surface area contributed by atoms with E-state index in [0.29, 0.717) is 13.1 Å². The van der Waals surface area contributed by atoms with Gasteiger partial charge < -0.3 is 10.6 Å². The molecule has 0 aliphatic carbocycles. The molecule has 4 heteroatoms. The highest BCUT2D eigenvalue weighted by molar-refractivity contribution is 5.73. The molecule has 1 fully saturated rings. The first-order valence-corrected chi connectivity index (χ1v) is 9.67. The van der Waals surface area contributed by atoms with Crippen LogP contribution in [0.15, 0.2) is 60.7 Å². The monoisotopic (exact) mass is 351 g/mol. The molecule has 0 bridgehead atoms. The number of carbonyl (C=O) groups excluding carboxylic acids is 1. The summed E-state index contributed by atoms with van der Waals surface area (Å²) in [6.45, 7) is 3.56. The van der Waals surface area contributed by atoms with E-state index >= 15 is 0 Å². The summed E-state index contributed by atoms with van der Waals surface area (Å²) in [7, 11) is 0. The smallest absolute Gasteiger partial charge is 0.314 e. The Morgan fingerprint density at radius 1 is 0.923 bits per heavy atom. The first-order valence-electron chi connectivity index (χ1n) is 9.67. The second kappa shape index (κ2) is 9.97. The van der Waals surface area contributed by atoms with Gasteiger partial charge in [-0.1, -0.05) is 60.7 Å². The number of rotatable bonds is 8. The fourth-order valence-electron chi connectivity index (χ4n) is 3.58. The minimum atomic E-state index is -0.0711. The number of hydrogen-bond acceptors (Lipinski definition) is 2. The average Bonchev–Trinajstić information content (AvgIpc) is 3.22. The molecule has 1 aliphatic rings.